The second-order valence-electron chi connectivity index (χ2n) is 6.13. The second kappa shape index (κ2) is 6.55. The summed E-state index contributed by atoms with van der Waals surface area (Å²) in [4.78, 5) is 8.18. The van der Waals surface area contributed by atoms with Crippen molar-refractivity contribution in [1.29, 1.82) is 0 Å². The third kappa shape index (κ3) is 3.28. The summed E-state index contributed by atoms with van der Waals surface area (Å²) < 4.78 is 0. The van der Waals surface area contributed by atoms with E-state index in [0.29, 0.717) is 16.5 Å². The van der Waals surface area contributed by atoms with Crippen molar-refractivity contribution in [2.24, 2.45) is 0 Å². The van der Waals surface area contributed by atoms with Crippen LogP contribution < -0.4 is 0 Å². The van der Waals surface area contributed by atoms with Crippen LogP contribution in [0.5, 0.6) is 0 Å². The Bertz CT molecular complexity index is 1070. The molecule has 124 valence electrons. The van der Waals surface area contributed by atoms with Gasteiger partial charge < -0.3 is 4.98 Å². The Labute approximate surface area is 156 Å². The number of imidazole rings is 1. The Hall–Kier alpha value is -2.29. The van der Waals surface area contributed by atoms with Gasteiger partial charge in [-0.2, -0.15) is 0 Å². The van der Waals surface area contributed by atoms with Gasteiger partial charge in [-0.05, 0) is 41.5 Å². The highest BCUT2D eigenvalue weighted by Gasteiger charge is 2.11. The van der Waals surface area contributed by atoms with Crippen LogP contribution in [-0.4, -0.2) is 9.97 Å². The highest BCUT2D eigenvalue weighted by Crippen LogP contribution is 2.27. The number of benzene rings is 3. The van der Waals surface area contributed by atoms with Crippen molar-refractivity contribution in [3.8, 4) is 11.3 Å². The van der Waals surface area contributed by atoms with Crippen molar-refractivity contribution in [2.75, 3.05) is 0 Å². The highest BCUT2D eigenvalue weighted by atomic mass is 35.5. The molecule has 4 rings (SSSR count). The monoisotopic (exact) mass is 366 g/mol. The summed E-state index contributed by atoms with van der Waals surface area (Å²) in [6, 6.07) is 20.3. The summed E-state index contributed by atoms with van der Waals surface area (Å²) in [6.07, 6.45) is 0.643. The molecule has 0 radical (unpaired) electrons. The number of halogens is 2. The maximum Gasteiger partial charge on any atom is 0.111 e. The summed E-state index contributed by atoms with van der Waals surface area (Å²) in [5.74, 6) is 0.893. The van der Waals surface area contributed by atoms with Crippen molar-refractivity contribution in [1.82, 2.24) is 9.97 Å². The van der Waals surface area contributed by atoms with E-state index in [1.54, 1.807) is 6.07 Å². The smallest absolute Gasteiger partial charge is 0.111 e. The van der Waals surface area contributed by atoms with Gasteiger partial charge in [-0.15, -0.1) is 0 Å². The largest absolute Gasteiger partial charge is 0.345 e. The second-order valence-corrected chi connectivity index (χ2v) is 6.98. The molecule has 1 heterocycles. The van der Waals surface area contributed by atoms with E-state index in [-0.39, 0.29) is 0 Å². The summed E-state index contributed by atoms with van der Waals surface area (Å²) in [7, 11) is 0. The van der Waals surface area contributed by atoms with Crippen LogP contribution in [0.3, 0.4) is 0 Å². The van der Waals surface area contributed by atoms with Crippen LogP contribution >= 0.6 is 23.2 Å². The fourth-order valence-electron chi connectivity index (χ4n) is 3.07. The van der Waals surface area contributed by atoms with Crippen molar-refractivity contribution >= 4 is 34.0 Å². The third-order valence-corrected chi connectivity index (χ3v) is 4.92. The zero-order valence-electron chi connectivity index (χ0n) is 13.7. The van der Waals surface area contributed by atoms with Crippen LogP contribution in [0.25, 0.3) is 22.0 Å². The van der Waals surface area contributed by atoms with Gasteiger partial charge in [0.2, 0.25) is 0 Å². The molecule has 0 aliphatic rings. The molecule has 0 unspecified atom stereocenters. The predicted molar refractivity (Wildman–Crippen MR) is 106 cm³/mol. The van der Waals surface area contributed by atoms with E-state index in [0.717, 1.165) is 28.3 Å². The molecule has 0 aliphatic heterocycles. The van der Waals surface area contributed by atoms with Gasteiger partial charge in [-0.3, -0.25) is 0 Å². The van der Waals surface area contributed by atoms with Crippen LogP contribution in [0.2, 0.25) is 10.0 Å². The SMILES string of the molecule is Cc1[nH]c(Cc2ccc(Cl)cc2Cl)nc1-c1ccc2ccccc2c1. The summed E-state index contributed by atoms with van der Waals surface area (Å²) in [5.41, 5.74) is 4.15. The predicted octanol–water partition coefficient (Wildman–Crippen LogP) is 6.44. The van der Waals surface area contributed by atoms with E-state index in [2.05, 4.69) is 47.4 Å². The van der Waals surface area contributed by atoms with Crippen LogP contribution in [0, 0.1) is 6.92 Å². The molecule has 0 amide bonds. The van der Waals surface area contributed by atoms with Crippen LogP contribution in [0.4, 0.5) is 0 Å². The average Bonchev–Trinajstić information content (AvgIpc) is 2.97. The van der Waals surface area contributed by atoms with E-state index in [1.807, 2.05) is 19.1 Å². The van der Waals surface area contributed by atoms with Gasteiger partial charge >= 0.3 is 0 Å². The van der Waals surface area contributed by atoms with Crippen molar-refractivity contribution in [3.63, 3.8) is 0 Å². The molecular formula is C21H16Cl2N2. The van der Waals surface area contributed by atoms with Crippen molar-refractivity contribution < 1.29 is 0 Å². The number of H-pyrrole nitrogens is 1. The first-order valence-corrected chi connectivity index (χ1v) is 8.84. The molecule has 0 spiro atoms. The minimum Gasteiger partial charge on any atom is -0.345 e. The molecule has 2 nitrogen and oxygen atoms in total. The molecule has 25 heavy (non-hydrogen) atoms. The minimum atomic E-state index is 0.640. The van der Waals surface area contributed by atoms with Gasteiger partial charge in [0.1, 0.15) is 5.82 Å². The first kappa shape index (κ1) is 16.2. The topological polar surface area (TPSA) is 28.7 Å². The molecular weight excluding hydrogens is 351 g/mol. The zero-order chi connectivity index (χ0) is 17.4. The number of aromatic nitrogens is 2. The number of aryl methyl sites for hydroxylation is 1. The van der Waals surface area contributed by atoms with Crippen molar-refractivity contribution in [2.45, 2.75) is 13.3 Å². The standard InChI is InChI=1S/C21H16Cl2N2/c1-13-21(17-7-6-14-4-2-3-5-15(14)10-17)25-20(24-13)11-16-8-9-18(22)12-19(16)23/h2-10,12H,11H2,1H3,(H,24,25). The van der Waals surface area contributed by atoms with E-state index in [1.165, 1.54) is 10.8 Å². The molecule has 4 aromatic rings. The maximum absolute atomic E-state index is 6.28. The number of nitrogens with one attached hydrogen (secondary N) is 1. The maximum atomic E-state index is 6.28. The molecule has 1 N–H and O–H groups in total. The lowest BCUT2D eigenvalue weighted by Gasteiger charge is -2.03. The minimum absolute atomic E-state index is 0.640. The van der Waals surface area contributed by atoms with Crippen LogP contribution in [0.1, 0.15) is 17.1 Å². The molecule has 4 heteroatoms. The molecule has 0 aliphatic carbocycles. The molecule has 3 aromatic carbocycles. The van der Waals surface area contributed by atoms with E-state index >= 15 is 0 Å². The number of fused-ring (bicyclic) bond motifs is 1. The molecule has 1 aromatic heterocycles. The Kier molecular flexibility index (Phi) is 4.24. The fraction of sp³-hybridized carbons (Fsp3) is 0.0952. The molecule has 0 saturated carbocycles. The fourth-order valence-corrected chi connectivity index (χ4v) is 3.54. The summed E-state index contributed by atoms with van der Waals surface area (Å²) in [6.45, 7) is 2.05. The van der Waals surface area contributed by atoms with Gasteiger partial charge in [0.15, 0.2) is 0 Å². The van der Waals surface area contributed by atoms with Gasteiger partial charge in [0.25, 0.3) is 0 Å². The van der Waals surface area contributed by atoms with Crippen molar-refractivity contribution in [3.05, 3.63) is 87.8 Å². The Morgan fingerprint density at radius 1 is 0.920 bits per heavy atom. The van der Waals surface area contributed by atoms with Gasteiger partial charge in [0, 0.05) is 27.7 Å². The molecule has 0 saturated heterocycles. The zero-order valence-corrected chi connectivity index (χ0v) is 15.2. The Balaban J connectivity index is 1.69. The quantitative estimate of drug-likeness (QED) is 0.444. The van der Waals surface area contributed by atoms with E-state index in [9.17, 15) is 0 Å². The lowest BCUT2D eigenvalue weighted by Crippen LogP contribution is -1.92. The Morgan fingerprint density at radius 3 is 2.52 bits per heavy atom. The number of rotatable bonds is 3. The molecule has 0 atom stereocenters. The first-order chi connectivity index (χ1) is 12.1. The first-order valence-electron chi connectivity index (χ1n) is 8.09. The van der Waals surface area contributed by atoms with Crippen LogP contribution in [0.15, 0.2) is 60.7 Å². The Morgan fingerprint density at radius 2 is 1.72 bits per heavy atom. The lowest BCUT2D eigenvalue weighted by molar-refractivity contribution is 1.02. The number of hydrogen-bond acceptors (Lipinski definition) is 1. The number of hydrogen-bond donors (Lipinski definition) is 1. The van der Waals surface area contributed by atoms with Gasteiger partial charge in [-0.25, -0.2) is 4.98 Å². The van der Waals surface area contributed by atoms with Gasteiger partial charge in [0.05, 0.1) is 5.69 Å². The number of aromatic amines is 1. The molecule has 0 fully saturated rings. The van der Waals surface area contributed by atoms with E-state index in [4.69, 9.17) is 28.2 Å². The average molecular weight is 367 g/mol. The lowest BCUT2D eigenvalue weighted by atomic mass is 10.0. The summed E-state index contributed by atoms with van der Waals surface area (Å²) >= 11 is 12.3. The summed E-state index contributed by atoms with van der Waals surface area (Å²) in [5, 5.41) is 3.74. The van der Waals surface area contributed by atoms with E-state index < -0.39 is 0 Å². The van der Waals surface area contributed by atoms with Crippen LogP contribution in [-0.2, 0) is 6.42 Å². The number of nitrogens with zero attached hydrogens (tertiary/aromatic N) is 1. The van der Waals surface area contributed by atoms with Gasteiger partial charge in [-0.1, -0.05) is 65.7 Å². The molecule has 0 bridgehead atoms. The highest BCUT2D eigenvalue weighted by molar-refractivity contribution is 6.35. The third-order valence-electron chi connectivity index (χ3n) is 4.33. The normalized spacial score (nSPS) is 11.2.